The highest BCUT2D eigenvalue weighted by atomic mass is 16.5. The number of esters is 1. The number of ether oxygens (including phenoxy) is 2. The van der Waals surface area contributed by atoms with Gasteiger partial charge in [0, 0.05) is 25.2 Å². The second-order valence-electron chi connectivity index (χ2n) is 5.44. The van der Waals surface area contributed by atoms with Gasteiger partial charge in [0.2, 0.25) is 0 Å². The van der Waals surface area contributed by atoms with Crippen LogP contribution in [-0.2, 0) is 19.1 Å². The summed E-state index contributed by atoms with van der Waals surface area (Å²) in [5, 5.41) is 2.64. The molecule has 0 bridgehead atoms. The lowest BCUT2D eigenvalue weighted by Crippen LogP contribution is -2.46. The first-order chi connectivity index (χ1) is 11.6. The monoisotopic (exact) mass is 334 g/mol. The molecule has 1 heterocycles. The van der Waals surface area contributed by atoms with E-state index in [0.29, 0.717) is 31.9 Å². The molecule has 1 N–H and O–H groups in total. The fraction of sp³-hybridized carbons (Fsp3) is 0.471. The molecule has 1 aromatic rings. The van der Waals surface area contributed by atoms with E-state index in [2.05, 4.69) is 5.32 Å². The molecule has 1 aliphatic rings. The number of carbonyl (C=O) groups is 3. The van der Waals surface area contributed by atoms with Crippen molar-refractivity contribution in [3.05, 3.63) is 35.9 Å². The van der Waals surface area contributed by atoms with Crippen molar-refractivity contribution in [2.45, 2.75) is 19.4 Å². The van der Waals surface area contributed by atoms with E-state index in [9.17, 15) is 14.4 Å². The second-order valence-corrected chi connectivity index (χ2v) is 5.44. The average Bonchev–Trinajstić information content (AvgIpc) is 2.62. The number of carbonyl (C=O) groups excluding carboxylic acids is 3. The lowest BCUT2D eigenvalue weighted by molar-refractivity contribution is -0.160. The van der Waals surface area contributed by atoms with Crippen LogP contribution in [0.15, 0.2) is 30.3 Å². The van der Waals surface area contributed by atoms with Gasteiger partial charge >= 0.3 is 5.97 Å². The molecule has 0 spiro atoms. The summed E-state index contributed by atoms with van der Waals surface area (Å²) in [5.41, 5.74) is 0.529. The zero-order valence-corrected chi connectivity index (χ0v) is 13.7. The van der Waals surface area contributed by atoms with Crippen LogP contribution in [0.25, 0.3) is 0 Å². The van der Waals surface area contributed by atoms with E-state index in [1.807, 2.05) is 6.07 Å². The van der Waals surface area contributed by atoms with Gasteiger partial charge in [-0.05, 0) is 19.1 Å². The van der Waals surface area contributed by atoms with Gasteiger partial charge in [0.1, 0.15) is 0 Å². The standard InChI is InChI=1S/C17H22N2O5/c1-13(17(22)19-9-11-23-12-10-19)24-15(20)7-8-18-16(21)14-5-3-2-4-6-14/h2-6,13H,7-12H2,1H3,(H,18,21). The maximum absolute atomic E-state index is 12.1. The minimum Gasteiger partial charge on any atom is -0.452 e. The minimum atomic E-state index is -0.833. The first-order valence-electron chi connectivity index (χ1n) is 7.97. The maximum atomic E-state index is 12.1. The molecule has 1 aliphatic heterocycles. The van der Waals surface area contributed by atoms with Crippen molar-refractivity contribution in [2.24, 2.45) is 0 Å². The van der Waals surface area contributed by atoms with Gasteiger partial charge in [-0.1, -0.05) is 18.2 Å². The Kier molecular flexibility index (Phi) is 6.74. The Morgan fingerprint density at radius 1 is 1.21 bits per heavy atom. The van der Waals surface area contributed by atoms with Crippen molar-refractivity contribution < 1.29 is 23.9 Å². The second kappa shape index (κ2) is 9.02. The van der Waals surface area contributed by atoms with Gasteiger partial charge in [0.25, 0.3) is 11.8 Å². The normalized spacial score (nSPS) is 15.5. The van der Waals surface area contributed by atoms with Gasteiger partial charge in [-0.15, -0.1) is 0 Å². The van der Waals surface area contributed by atoms with Crippen molar-refractivity contribution in [1.82, 2.24) is 10.2 Å². The predicted molar refractivity (Wildman–Crippen MR) is 86.3 cm³/mol. The van der Waals surface area contributed by atoms with Crippen LogP contribution in [0, 0.1) is 0 Å². The van der Waals surface area contributed by atoms with E-state index in [4.69, 9.17) is 9.47 Å². The lowest BCUT2D eigenvalue weighted by Gasteiger charge is -2.28. The first-order valence-corrected chi connectivity index (χ1v) is 7.97. The van der Waals surface area contributed by atoms with Gasteiger partial charge < -0.3 is 19.7 Å². The van der Waals surface area contributed by atoms with Crippen LogP contribution in [0.1, 0.15) is 23.7 Å². The summed E-state index contributed by atoms with van der Waals surface area (Å²) in [7, 11) is 0. The summed E-state index contributed by atoms with van der Waals surface area (Å²) in [4.78, 5) is 37.4. The lowest BCUT2D eigenvalue weighted by atomic mass is 10.2. The van der Waals surface area contributed by atoms with Crippen LogP contribution in [-0.4, -0.2) is 61.6 Å². The van der Waals surface area contributed by atoms with Gasteiger partial charge in [0.05, 0.1) is 19.6 Å². The van der Waals surface area contributed by atoms with Crippen LogP contribution in [0.4, 0.5) is 0 Å². The average molecular weight is 334 g/mol. The third kappa shape index (κ3) is 5.34. The third-order valence-corrected chi connectivity index (χ3v) is 3.63. The maximum Gasteiger partial charge on any atom is 0.308 e. The highest BCUT2D eigenvalue weighted by molar-refractivity contribution is 5.94. The molecule has 2 rings (SSSR count). The van der Waals surface area contributed by atoms with Gasteiger partial charge in [0.15, 0.2) is 6.10 Å². The third-order valence-electron chi connectivity index (χ3n) is 3.63. The Hall–Kier alpha value is -2.41. The number of benzene rings is 1. The van der Waals surface area contributed by atoms with E-state index in [1.165, 1.54) is 0 Å². The number of hydrogen-bond acceptors (Lipinski definition) is 5. The Morgan fingerprint density at radius 3 is 2.54 bits per heavy atom. The fourth-order valence-corrected chi connectivity index (χ4v) is 2.32. The van der Waals surface area contributed by atoms with Crippen LogP contribution in [0.5, 0.6) is 0 Å². The molecule has 0 radical (unpaired) electrons. The number of amides is 2. The SMILES string of the molecule is CC(OC(=O)CCNC(=O)c1ccccc1)C(=O)N1CCOCC1. The zero-order valence-electron chi connectivity index (χ0n) is 13.7. The summed E-state index contributed by atoms with van der Waals surface area (Å²) in [6.07, 6.45) is -0.820. The zero-order chi connectivity index (χ0) is 17.4. The molecule has 0 aromatic heterocycles. The molecule has 0 saturated carbocycles. The van der Waals surface area contributed by atoms with Crippen LogP contribution < -0.4 is 5.32 Å². The van der Waals surface area contributed by atoms with Crippen LogP contribution in [0.3, 0.4) is 0 Å². The molecule has 1 atom stereocenters. The molecule has 7 nitrogen and oxygen atoms in total. The molecule has 0 aliphatic carbocycles. The van der Waals surface area contributed by atoms with Crippen molar-refractivity contribution in [3.8, 4) is 0 Å². The number of morpholine rings is 1. The van der Waals surface area contributed by atoms with Crippen LogP contribution in [0.2, 0.25) is 0 Å². The number of nitrogens with zero attached hydrogens (tertiary/aromatic N) is 1. The summed E-state index contributed by atoms with van der Waals surface area (Å²) >= 11 is 0. The smallest absolute Gasteiger partial charge is 0.308 e. The van der Waals surface area contributed by atoms with Crippen LogP contribution >= 0.6 is 0 Å². The molecule has 1 saturated heterocycles. The van der Waals surface area contributed by atoms with Gasteiger partial charge in [-0.25, -0.2) is 0 Å². The summed E-state index contributed by atoms with van der Waals surface area (Å²) < 4.78 is 10.3. The predicted octanol–water partition coefficient (Wildman–Crippen LogP) is 0.597. The van der Waals surface area contributed by atoms with E-state index in [-0.39, 0.29) is 24.8 Å². The van der Waals surface area contributed by atoms with Crippen molar-refractivity contribution in [1.29, 1.82) is 0 Å². The first kappa shape index (κ1) is 17.9. The summed E-state index contributed by atoms with van der Waals surface area (Å²) in [6.45, 7) is 3.72. The van der Waals surface area contributed by atoms with Crippen molar-refractivity contribution in [3.63, 3.8) is 0 Å². The number of nitrogens with one attached hydrogen (secondary N) is 1. The molecule has 1 aromatic carbocycles. The molecule has 7 heteroatoms. The molecule has 2 amide bonds. The van der Waals surface area contributed by atoms with Gasteiger partial charge in [-0.3, -0.25) is 14.4 Å². The molecule has 130 valence electrons. The Labute approximate surface area is 140 Å². The molecule has 1 fully saturated rings. The van der Waals surface area contributed by atoms with Gasteiger partial charge in [-0.2, -0.15) is 0 Å². The van der Waals surface area contributed by atoms with Crippen molar-refractivity contribution >= 4 is 17.8 Å². The largest absolute Gasteiger partial charge is 0.452 e. The van der Waals surface area contributed by atoms with E-state index in [1.54, 1.807) is 36.1 Å². The Bertz CT molecular complexity index is 570. The molecule has 24 heavy (non-hydrogen) atoms. The highest BCUT2D eigenvalue weighted by Crippen LogP contribution is 2.04. The summed E-state index contributed by atoms with van der Waals surface area (Å²) in [5.74, 6) is -0.988. The van der Waals surface area contributed by atoms with E-state index >= 15 is 0 Å². The number of rotatable bonds is 6. The highest BCUT2D eigenvalue weighted by Gasteiger charge is 2.25. The number of hydrogen-bond donors (Lipinski definition) is 1. The molecular weight excluding hydrogens is 312 g/mol. The fourth-order valence-electron chi connectivity index (χ4n) is 2.32. The molecular formula is C17H22N2O5. The van der Waals surface area contributed by atoms with E-state index < -0.39 is 12.1 Å². The quantitative estimate of drug-likeness (QED) is 0.770. The van der Waals surface area contributed by atoms with E-state index in [0.717, 1.165) is 0 Å². The molecule has 1 unspecified atom stereocenters. The minimum absolute atomic E-state index is 0.0132. The summed E-state index contributed by atoms with van der Waals surface area (Å²) in [6, 6.07) is 8.73. The Morgan fingerprint density at radius 2 is 1.88 bits per heavy atom. The Balaban J connectivity index is 1.69. The van der Waals surface area contributed by atoms with Crippen molar-refractivity contribution in [2.75, 3.05) is 32.8 Å². The topological polar surface area (TPSA) is 84.9 Å².